The first-order chi connectivity index (χ1) is 18.1. The molecule has 1 aliphatic heterocycles. The molecule has 0 aliphatic carbocycles. The Bertz CT molecular complexity index is 1320. The molecule has 208 valence electrons. The average Bonchev–Trinajstić information content (AvgIpc) is 2.98. The van der Waals surface area contributed by atoms with E-state index in [1.54, 1.807) is 60.6 Å². The molecule has 1 heterocycles. The number of hydrogen-bond donors (Lipinski definition) is 0. The molecule has 0 atom stereocenters. The molecule has 0 spiro atoms. The zero-order chi connectivity index (χ0) is 29.1. The van der Waals surface area contributed by atoms with Crippen LogP contribution >= 0.6 is 11.6 Å². The number of aryl methyl sites for hydroxylation is 1. The molecule has 0 saturated heterocycles. The second kappa shape index (κ2) is 11.6. The Kier molecular flexibility index (Phi) is 8.91. The maximum absolute atomic E-state index is 13.3. The van der Waals surface area contributed by atoms with Gasteiger partial charge in [0.1, 0.15) is 17.0 Å². The summed E-state index contributed by atoms with van der Waals surface area (Å²) in [5, 5.41) is 0.617. The first-order valence-electron chi connectivity index (χ1n) is 12.7. The maximum Gasteiger partial charge on any atom is 0.425 e. The van der Waals surface area contributed by atoms with Crippen LogP contribution in [-0.2, 0) is 19.0 Å². The number of rotatable bonds is 3. The predicted octanol–water partition coefficient (Wildman–Crippen LogP) is 7.87. The molecule has 2 aromatic rings. The fraction of sp³-hybridized carbons (Fsp3) is 0.400. The molecule has 0 saturated carbocycles. The summed E-state index contributed by atoms with van der Waals surface area (Å²) in [6, 6.07) is 11.2. The molecule has 3 rings (SSSR count). The number of halogens is 1. The summed E-state index contributed by atoms with van der Waals surface area (Å²) >= 11 is 6.58. The topological polar surface area (TPSA) is 94.5 Å². The van der Waals surface area contributed by atoms with Crippen LogP contribution in [0.5, 0.6) is 0 Å². The lowest BCUT2D eigenvalue weighted by molar-refractivity contribution is -0.138. The second-order valence-electron chi connectivity index (χ2n) is 11.1. The standard InChI is InChI=1S/C30H35ClN2O6/c1-9-37-26(34)21-16-20-15-19(22-12-10-11-18(2)25(22)31)13-14-23(20)32-24(17-21)33(27(35)38-29(3,4)5)28(36)39-30(6,7)8/h10-16H,9,17H2,1-8H3. The van der Waals surface area contributed by atoms with Gasteiger partial charge in [-0.25, -0.2) is 19.4 Å². The lowest BCUT2D eigenvalue weighted by atomic mass is 9.99. The summed E-state index contributed by atoms with van der Waals surface area (Å²) in [5.74, 6) is -0.622. The molecule has 0 radical (unpaired) electrons. The number of amides is 2. The van der Waals surface area contributed by atoms with Crippen molar-refractivity contribution in [3.63, 3.8) is 0 Å². The van der Waals surface area contributed by atoms with Crippen molar-refractivity contribution in [2.24, 2.45) is 4.99 Å². The van der Waals surface area contributed by atoms with E-state index >= 15 is 0 Å². The number of esters is 1. The van der Waals surface area contributed by atoms with Gasteiger partial charge in [-0.3, -0.25) is 0 Å². The molecule has 9 heteroatoms. The monoisotopic (exact) mass is 554 g/mol. The van der Waals surface area contributed by atoms with Crippen LogP contribution in [0, 0.1) is 6.92 Å². The third kappa shape index (κ3) is 7.69. The highest BCUT2D eigenvalue weighted by atomic mass is 35.5. The largest absolute Gasteiger partial charge is 0.463 e. The Labute approximate surface area is 234 Å². The first-order valence-corrected chi connectivity index (χ1v) is 13.1. The molecule has 1 aliphatic rings. The van der Waals surface area contributed by atoms with Crippen LogP contribution in [0.1, 0.15) is 66.0 Å². The minimum absolute atomic E-state index is 0.0297. The van der Waals surface area contributed by atoms with Crippen molar-refractivity contribution >= 4 is 47.4 Å². The van der Waals surface area contributed by atoms with Gasteiger partial charge >= 0.3 is 18.2 Å². The van der Waals surface area contributed by atoms with E-state index in [2.05, 4.69) is 4.99 Å². The summed E-state index contributed by atoms with van der Waals surface area (Å²) < 4.78 is 16.3. The van der Waals surface area contributed by atoms with Crippen molar-refractivity contribution in [3.05, 3.63) is 58.1 Å². The van der Waals surface area contributed by atoms with Gasteiger partial charge in [0.05, 0.1) is 17.3 Å². The molecular weight excluding hydrogens is 520 g/mol. The van der Waals surface area contributed by atoms with Gasteiger partial charge in [0, 0.05) is 23.1 Å². The van der Waals surface area contributed by atoms with Gasteiger partial charge in [0.15, 0.2) is 0 Å². The van der Waals surface area contributed by atoms with Crippen molar-refractivity contribution in [2.75, 3.05) is 6.61 Å². The van der Waals surface area contributed by atoms with Crippen LogP contribution in [-0.4, -0.2) is 46.7 Å². The van der Waals surface area contributed by atoms with E-state index in [4.69, 9.17) is 25.8 Å². The zero-order valence-electron chi connectivity index (χ0n) is 23.7. The van der Waals surface area contributed by atoms with E-state index in [1.807, 2.05) is 37.3 Å². The molecule has 2 amide bonds. The molecule has 0 unspecified atom stereocenters. The minimum Gasteiger partial charge on any atom is -0.463 e. The molecule has 39 heavy (non-hydrogen) atoms. The molecule has 2 aromatic carbocycles. The fourth-order valence-corrected chi connectivity index (χ4v) is 4.02. The summed E-state index contributed by atoms with van der Waals surface area (Å²) in [7, 11) is 0. The van der Waals surface area contributed by atoms with Gasteiger partial charge in [-0.2, -0.15) is 4.90 Å². The van der Waals surface area contributed by atoms with Crippen LogP contribution in [0.15, 0.2) is 47.0 Å². The molecule has 8 nitrogen and oxygen atoms in total. The average molecular weight is 555 g/mol. The Balaban J connectivity index is 2.20. The fourth-order valence-electron chi connectivity index (χ4n) is 3.78. The van der Waals surface area contributed by atoms with Crippen molar-refractivity contribution < 1.29 is 28.6 Å². The number of benzene rings is 2. The summed E-state index contributed by atoms with van der Waals surface area (Å²) in [6.07, 6.45) is -0.456. The molecular formula is C30H35ClN2O6. The number of carbonyl (C=O) groups is 3. The van der Waals surface area contributed by atoms with E-state index < -0.39 is 29.4 Å². The number of imide groups is 1. The molecule has 0 N–H and O–H groups in total. The summed E-state index contributed by atoms with van der Waals surface area (Å²) in [4.78, 5) is 44.9. The van der Waals surface area contributed by atoms with Gasteiger partial charge < -0.3 is 14.2 Å². The maximum atomic E-state index is 13.3. The molecule has 0 fully saturated rings. The quantitative estimate of drug-likeness (QED) is 0.283. The Morgan fingerprint density at radius 3 is 2.15 bits per heavy atom. The number of ether oxygens (including phenoxy) is 3. The summed E-state index contributed by atoms with van der Waals surface area (Å²) in [5.41, 5.74) is 2.01. The predicted molar refractivity (Wildman–Crippen MR) is 152 cm³/mol. The third-order valence-corrected chi connectivity index (χ3v) is 5.91. The summed E-state index contributed by atoms with van der Waals surface area (Å²) in [6.45, 7) is 13.9. The number of aliphatic imine (C=N–C) groups is 1. The second-order valence-corrected chi connectivity index (χ2v) is 11.5. The molecule has 0 bridgehead atoms. The van der Waals surface area contributed by atoms with Crippen molar-refractivity contribution in [3.8, 4) is 11.1 Å². The number of nitrogens with zero attached hydrogens (tertiary/aromatic N) is 2. The Morgan fingerprint density at radius 2 is 1.59 bits per heavy atom. The van der Waals surface area contributed by atoms with Gasteiger partial charge in [0.2, 0.25) is 0 Å². The van der Waals surface area contributed by atoms with Crippen LogP contribution in [0.3, 0.4) is 0 Å². The number of hydrogen-bond acceptors (Lipinski definition) is 7. The van der Waals surface area contributed by atoms with E-state index in [0.29, 0.717) is 16.3 Å². The molecule has 0 aromatic heterocycles. The van der Waals surface area contributed by atoms with Crippen molar-refractivity contribution in [2.45, 2.75) is 73.0 Å². The Morgan fingerprint density at radius 1 is 0.974 bits per heavy atom. The minimum atomic E-state index is -0.967. The van der Waals surface area contributed by atoms with Gasteiger partial charge in [0.25, 0.3) is 0 Å². The van der Waals surface area contributed by atoms with Crippen LogP contribution in [0.25, 0.3) is 17.2 Å². The number of fused-ring (bicyclic) bond motifs is 1. The van der Waals surface area contributed by atoms with E-state index in [0.717, 1.165) is 21.6 Å². The normalized spacial score (nSPS) is 13.4. The van der Waals surface area contributed by atoms with Gasteiger partial charge in [-0.1, -0.05) is 35.9 Å². The van der Waals surface area contributed by atoms with E-state index in [-0.39, 0.29) is 24.4 Å². The van der Waals surface area contributed by atoms with E-state index in [1.165, 1.54) is 0 Å². The highest BCUT2D eigenvalue weighted by molar-refractivity contribution is 6.34. The van der Waals surface area contributed by atoms with Crippen LogP contribution in [0.4, 0.5) is 15.3 Å². The first kappa shape index (κ1) is 29.9. The van der Waals surface area contributed by atoms with Gasteiger partial charge in [-0.15, -0.1) is 0 Å². The van der Waals surface area contributed by atoms with Crippen molar-refractivity contribution in [1.29, 1.82) is 0 Å². The highest BCUT2D eigenvalue weighted by Crippen LogP contribution is 2.36. The van der Waals surface area contributed by atoms with Crippen LogP contribution < -0.4 is 0 Å². The number of amidine groups is 1. The smallest absolute Gasteiger partial charge is 0.425 e. The van der Waals surface area contributed by atoms with Gasteiger partial charge in [-0.05, 0) is 84.7 Å². The SMILES string of the molecule is CCOC(=O)C1=Cc2cc(-c3cccc(C)c3Cl)ccc2N=C(N(C(=O)OC(C)(C)C)C(=O)OC(C)(C)C)C1. The van der Waals surface area contributed by atoms with E-state index in [9.17, 15) is 14.4 Å². The lowest BCUT2D eigenvalue weighted by Crippen LogP contribution is -2.47. The zero-order valence-corrected chi connectivity index (χ0v) is 24.4. The lowest BCUT2D eigenvalue weighted by Gasteiger charge is -2.29. The Hall–Kier alpha value is -3.65. The highest BCUT2D eigenvalue weighted by Gasteiger charge is 2.36. The van der Waals surface area contributed by atoms with Crippen molar-refractivity contribution in [1.82, 2.24) is 4.90 Å². The van der Waals surface area contributed by atoms with Crippen LogP contribution in [0.2, 0.25) is 5.02 Å². The third-order valence-electron chi connectivity index (χ3n) is 5.41. The number of carbonyl (C=O) groups excluding carboxylic acids is 3.